The summed E-state index contributed by atoms with van der Waals surface area (Å²) in [6.07, 6.45) is 5.34. The molecule has 0 bridgehead atoms. The van der Waals surface area contributed by atoms with Gasteiger partial charge in [-0.05, 0) is 36.5 Å². The van der Waals surface area contributed by atoms with Gasteiger partial charge in [0, 0.05) is 17.1 Å². The topological polar surface area (TPSA) is 105 Å². The molecule has 1 aliphatic rings. The Kier molecular flexibility index (Phi) is 9.43. The van der Waals surface area contributed by atoms with Crippen LogP contribution in [0.2, 0.25) is 0 Å². The first-order valence-electron chi connectivity index (χ1n) is 8.40. The third-order valence-electron chi connectivity index (χ3n) is 4.40. The molecule has 3 N–H and O–H groups in total. The molecule has 0 saturated heterocycles. The molecule has 0 aromatic heterocycles. The Morgan fingerprint density at radius 1 is 1.12 bits per heavy atom. The first-order valence-corrected chi connectivity index (χ1v) is 9.19. The van der Waals surface area contributed by atoms with E-state index in [4.69, 9.17) is 29.3 Å². The van der Waals surface area contributed by atoms with Crippen LogP contribution in [0.3, 0.4) is 0 Å². The molecule has 1 fully saturated rings. The molecule has 2 rings (SSSR count). The highest BCUT2D eigenvalue weighted by molar-refractivity contribution is 9.10. The number of hydrogen-bond donors (Lipinski definition) is 3. The first kappa shape index (κ1) is 22.2. The Balaban J connectivity index is 0.000000487. The lowest BCUT2D eigenvalue weighted by Gasteiger charge is -2.30. The summed E-state index contributed by atoms with van der Waals surface area (Å²) in [5, 5.41) is 18.5. The summed E-state index contributed by atoms with van der Waals surface area (Å²) < 4.78 is 11.7. The van der Waals surface area contributed by atoms with Crippen LogP contribution in [0.5, 0.6) is 11.5 Å². The van der Waals surface area contributed by atoms with E-state index in [0.717, 1.165) is 28.4 Å². The molecule has 146 valence electrons. The van der Waals surface area contributed by atoms with Crippen LogP contribution < -0.4 is 14.8 Å². The lowest BCUT2D eigenvalue weighted by atomic mass is 9.86. The predicted molar refractivity (Wildman–Crippen MR) is 101 cm³/mol. The molecule has 26 heavy (non-hydrogen) atoms. The zero-order chi connectivity index (χ0) is 19.7. The van der Waals surface area contributed by atoms with Gasteiger partial charge in [0.25, 0.3) is 0 Å². The number of methoxy groups -OCH3 is 2. The van der Waals surface area contributed by atoms with E-state index in [0.29, 0.717) is 6.04 Å². The maximum atomic E-state index is 9.10. The summed E-state index contributed by atoms with van der Waals surface area (Å²) in [6, 6.07) is 4.65. The van der Waals surface area contributed by atoms with Gasteiger partial charge in [-0.25, -0.2) is 9.59 Å². The summed E-state index contributed by atoms with van der Waals surface area (Å²) in [7, 11) is 3.33. The summed E-state index contributed by atoms with van der Waals surface area (Å²) in [4.78, 5) is 18.2. The van der Waals surface area contributed by atoms with Crippen LogP contribution in [0.15, 0.2) is 16.6 Å². The van der Waals surface area contributed by atoms with Gasteiger partial charge in [0.05, 0.1) is 14.2 Å². The van der Waals surface area contributed by atoms with Crippen LogP contribution in [0.25, 0.3) is 0 Å². The summed E-state index contributed by atoms with van der Waals surface area (Å²) >= 11 is 3.62. The molecule has 0 spiro atoms. The van der Waals surface area contributed by atoms with Crippen molar-refractivity contribution in [3.63, 3.8) is 0 Å². The maximum absolute atomic E-state index is 9.10. The Morgan fingerprint density at radius 2 is 1.65 bits per heavy atom. The van der Waals surface area contributed by atoms with Crippen molar-refractivity contribution in [2.24, 2.45) is 5.92 Å². The van der Waals surface area contributed by atoms with Crippen LogP contribution in [-0.2, 0) is 16.1 Å². The van der Waals surface area contributed by atoms with Gasteiger partial charge in [-0.1, -0.05) is 35.7 Å². The molecule has 2 atom stereocenters. The number of nitrogens with one attached hydrogen (secondary N) is 1. The van der Waals surface area contributed by atoms with Crippen LogP contribution in [0.1, 0.15) is 38.2 Å². The van der Waals surface area contributed by atoms with E-state index < -0.39 is 11.9 Å². The van der Waals surface area contributed by atoms with Crippen LogP contribution in [-0.4, -0.2) is 42.4 Å². The van der Waals surface area contributed by atoms with E-state index in [1.165, 1.54) is 31.2 Å². The number of halogens is 1. The van der Waals surface area contributed by atoms with E-state index in [1.807, 2.05) is 12.1 Å². The Hall–Kier alpha value is -1.80. The minimum absolute atomic E-state index is 0.628. The number of aliphatic carboxylic acids is 2. The predicted octanol–water partition coefficient (Wildman–Crippen LogP) is 3.29. The highest BCUT2D eigenvalue weighted by Crippen LogP contribution is 2.33. The molecule has 2 unspecified atom stereocenters. The Morgan fingerprint density at radius 3 is 2.15 bits per heavy atom. The molecule has 1 aromatic rings. The molecule has 8 heteroatoms. The molecular weight excluding hydrogens is 406 g/mol. The van der Waals surface area contributed by atoms with Gasteiger partial charge in [-0.2, -0.15) is 0 Å². The minimum Gasteiger partial charge on any atom is -0.493 e. The van der Waals surface area contributed by atoms with Crippen molar-refractivity contribution in [2.45, 2.75) is 45.2 Å². The third-order valence-corrected chi connectivity index (χ3v) is 5.14. The number of hydrogen-bond acceptors (Lipinski definition) is 5. The lowest BCUT2D eigenvalue weighted by molar-refractivity contribution is -0.159. The first-order chi connectivity index (χ1) is 12.3. The van der Waals surface area contributed by atoms with Gasteiger partial charge in [-0.15, -0.1) is 0 Å². The second kappa shape index (κ2) is 11.0. The summed E-state index contributed by atoms with van der Waals surface area (Å²) in [5.41, 5.74) is 1.21. The molecule has 1 aromatic carbocycles. The van der Waals surface area contributed by atoms with E-state index in [2.05, 4.69) is 28.2 Å². The average Bonchev–Trinajstić information content (AvgIpc) is 2.62. The van der Waals surface area contributed by atoms with Crippen molar-refractivity contribution in [3.05, 3.63) is 22.2 Å². The zero-order valence-corrected chi connectivity index (χ0v) is 16.8. The minimum atomic E-state index is -1.82. The zero-order valence-electron chi connectivity index (χ0n) is 15.3. The normalized spacial score (nSPS) is 19.1. The van der Waals surface area contributed by atoms with Crippen LogP contribution >= 0.6 is 15.9 Å². The van der Waals surface area contributed by atoms with Crippen molar-refractivity contribution in [1.29, 1.82) is 0 Å². The molecule has 1 aliphatic carbocycles. The second-order valence-electron chi connectivity index (χ2n) is 6.16. The fraction of sp³-hybridized carbons (Fsp3) is 0.556. The number of rotatable bonds is 5. The molecule has 1 saturated carbocycles. The highest BCUT2D eigenvalue weighted by atomic mass is 79.9. The summed E-state index contributed by atoms with van der Waals surface area (Å²) in [5.74, 6) is -1.34. The van der Waals surface area contributed by atoms with Gasteiger partial charge in [0.2, 0.25) is 0 Å². The van der Waals surface area contributed by atoms with E-state index in [-0.39, 0.29) is 0 Å². The van der Waals surface area contributed by atoms with Gasteiger partial charge in [0.15, 0.2) is 11.5 Å². The van der Waals surface area contributed by atoms with Crippen molar-refractivity contribution in [2.75, 3.05) is 14.2 Å². The van der Waals surface area contributed by atoms with Gasteiger partial charge >= 0.3 is 11.9 Å². The molecule has 0 radical (unpaired) electrons. The summed E-state index contributed by atoms with van der Waals surface area (Å²) in [6.45, 7) is 3.20. The number of carbonyl (C=O) groups is 2. The number of carboxylic acid groups (broad SMARTS) is 2. The fourth-order valence-corrected chi connectivity index (χ4v) is 3.35. The molecule has 7 nitrogen and oxygen atoms in total. The van der Waals surface area contributed by atoms with E-state index in [1.54, 1.807) is 14.2 Å². The van der Waals surface area contributed by atoms with E-state index >= 15 is 0 Å². The highest BCUT2D eigenvalue weighted by Gasteiger charge is 2.21. The lowest BCUT2D eigenvalue weighted by Crippen LogP contribution is -2.36. The van der Waals surface area contributed by atoms with E-state index in [9.17, 15) is 0 Å². The van der Waals surface area contributed by atoms with Crippen molar-refractivity contribution in [3.8, 4) is 11.5 Å². The third kappa shape index (κ3) is 6.84. The van der Waals surface area contributed by atoms with Gasteiger partial charge in [0.1, 0.15) is 0 Å². The molecular formula is C18H26BrNO6. The van der Waals surface area contributed by atoms with Crippen molar-refractivity contribution in [1.82, 2.24) is 5.32 Å². The monoisotopic (exact) mass is 431 g/mol. The van der Waals surface area contributed by atoms with Gasteiger partial charge in [-0.3, -0.25) is 0 Å². The number of ether oxygens (including phenoxy) is 2. The van der Waals surface area contributed by atoms with Crippen molar-refractivity contribution < 1.29 is 29.3 Å². The second-order valence-corrected chi connectivity index (χ2v) is 7.01. The number of carboxylic acids is 2. The van der Waals surface area contributed by atoms with Crippen LogP contribution in [0, 0.1) is 5.92 Å². The average molecular weight is 432 g/mol. The Bertz CT molecular complexity index is 610. The molecule has 0 heterocycles. The molecule has 0 amide bonds. The van der Waals surface area contributed by atoms with Crippen molar-refractivity contribution >= 4 is 27.9 Å². The van der Waals surface area contributed by atoms with Crippen LogP contribution in [0.4, 0.5) is 0 Å². The maximum Gasteiger partial charge on any atom is 0.414 e. The Labute approximate surface area is 161 Å². The number of benzene rings is 1. The van der Waals surface area contributed by atoms with Gasteiger partial charge < -0.3 is 25.0 Å². The SMILES string of the molecule is COc1cc(Br)c(CNC2CCCCC2C)cc1OC.O=C(O)C(=O)O. The standard InChI is InChI=1S/C16H24BrNO2.C2H2O4/c1-11-6-4-5-7-14(11)18-10-12-8-15(19-2)16(20-3)9-13(12)17;3-1(4)2(5)6/h8-9,11,14,18H,4-7,10H2,1-3H3;(H,3,4)(H,5,6). The fourth-order valence-electron chi connectivity index (χ4n) is 2.89. The largest absolute Gasteiger partial charge is 0.493 e. The smallest absolute Gasteiger partial charge is 0.414 e. The molecule has 0 aliphatic heterocycles. The quantitative estimate of drug-likeness (QED) is 0.614.